The molecule has 1 N–H and O–H groups in total. The highest BCUT2D eigenvalue weighted by Gasteiger charge is 2.16. The summed E-state index contributed by atoms with van der Waals surface area (Å²) in [7, 11) is 0. The van der Waals surface area contributed by atoms with Crippen molar-refractivity contribution in [2.75, 3.05) is 13.2 Å². The van der Waals surface area contributed by atoms with Gasteiger partial charge in [-0.15, -0.1) is 0 Å². The van der Waals surface area contributed by atoms with Gasteiger partial charge in [0, 0.05) is 16.3 Å². The Morgan fingerprint density at radius 1 is 1.13 bits per heavy atom. The van der Waals surface area contributed by atoms with Gasteiger partial charge in [-0.2, -0.15) is 5.26 Å². The Labute approximate surface area is 183 Å². The molecule has 0 aliphatic rings. The summed E-state index contributed by atoms with van der Waals surface area (Å²) in [6, 6.07) is 14.7. The Morgan fingerprint density at radius 2 is 1.87 bits per heavy atom. The molecule has 8 heteroatoms. The molecule has 0 aliphatic heterocycles. The smallest absolute Gasteiger partial charge is 0.270 e. The molecule has 0 saturated heterocycles. The van der Waals surface area contributed by atoms with Gasteiger partial charge in [0.25, 0.3) is 5.56 Å². The molecule has 0 fully saturated rings. The number of halogens is 1. The Hall–Kier alpha value is -2.95. The van der Waals surface area contributed by atoms with Crippen LogP contribution in [0.4, 0.5) is 0 Å². The molecule has 154 valence electrons. The molecular formula is C22H20ClN3O3S. The first-order valence-corrected chi connectivity index (χ1v) is 10.7. The van der Waals surface area contributed by atoms with E-state index in [9.17, 15) is 10.1 Å². The molecule has 0 atom stereocenters. The van der Waals surface area contributed by atoms with Crippen molar-refractivity contribution in [3.05, 3.63) is 69.0 Å². The highest BCUT2D eigenvalue weighted by atomic mass is 35.5. The number of rotatable bonds is 8. The van der Waals surface area contributed by atoms with Gasteiger partial charge in [0.05, 0.1) is 18.9 Å². The molecule has 0 unspecified atom stereocenters. The van der Waals surface area contributed by atoms with Crippen LogP contribution < -0.4 is 15.0 Å². The molecule has 0 saturated carbocycles. The molecule has 6 nitrogen and oxygen atoms in total. The van der Waals surface area contributed by atoms with Crippen molar-refractivity contribution >= 4 is 23.4 Å². The third-order valence-corrected chi connectivity index (χ3v) is 5.44. The van der Waals surface area contributed by atoms with Gasteiger partial charge in [0.2, 0.25) is 0 Å². The van der Waals surface area contributed by atoms with Gasteiger partial charge in [-0.25, -0.2) is 4.98 Å². The topological polar surface area (TPSA) is 88.0 Å². The highest BCUT2D eigenvalue weighted by molar-refractivity contribution is 7.98. The van der Waals surface area contributed by atoms with E-state index in [1.807, 2.05) is 44.2 Å². The van der Waals surface area contributed by atoms with E-state index in [-0.39, 0.29) is 5.56 Å². The molecular weight excluding hydrogens is 422 g/mol. The van der Waals surface area contributed by atoms with Crippen LogP contribution in [0.15, 0.2) is 52.4 Å². The third kappa shape index (κ3) is 4.96. The lowest BCUT2D eigenvalue weighted by Crippen LogP contribution is -2.15. The summed E-state index contributed by atoms with van der Waals surface area (Å²) >= 11 is 7.55. The quantitative estimate of drug-likeness (QED) is 0.388. The number of benzene rings is 2. The molecule has 0 bridgehead atoms. The molecule has 0 amide bonds. The van der Waals surface area contributed by atoms with Crippen LogP contribution in [0.25, 0.3) is 11.3 Å². The zero-order chi connectivity index (χ0) is 21.5. The first-order valence-electron chi connectivity index (χ1n) is 9.38. The fraction of sp³-hybridized carbons (Fsp3) is 0.227. The largest absolute Gasteiger partial charge is 0.490 e. The van der Waals surface area contributed by atoms with Crippen molar-refractivity contribution in [2.24, 2.45) is 0 Å². The molecule has 1 heterocycles. The summed E-state index contributed by atoms with van der Waals surface area (Å²) in [5.74, 6) is 1.66. The number of hydrogen-bond donors (Lipinski definition) is 1. The lowest BCUT2D eigenvalue weighted by molar-refractivity contribution is 0.288. The second-order valence-corrected chi connectivity index (χ2v) is 7.49. The van der Waals surface area contributed by atoms with Crippen molar-refractivity contribution in [2.45, 2.75) is 24.8 Å². The Bertz CT molecular complexity index is 1140. The maximum absolute atomic E-state index is 12.5. The average molecular weight is 442 g/mol. The van der Waals surface area contributed by atoms with E-state index in [1.165, 1.54) is 11.8 Å². The number of thioether (sulfide) groups is 1. The number of nitrogens with zero attached hydrogens (tertiary/aromatic N) is 2. The second kappa shape index (κ2) is 10.2. The standard InChI is InChI=1S/C22H20ClN3O3S/c1-3-28-18-10-9-14(11-19(18)29-4-2)20-16(12-24)21(27)26-22(25-20)30-13-15-7-5-6-8-17(15)23/h5-11H,3-4,13H2,1-2H3,(H,25,26,27). The average Bonchev–Trinajstić information content (AvgIpc) is 2.74. The summed E-state index contributed by atoms with van der Waals surface area (Å²) in [6.45, 7) is 4.71. The van der Waals surface area contributed by atoms with Crippen LogP contribution >= 0.6 is 23.4 Å². The summed E-state index contributed by atoms with van der Waals surface area (Å²) in [5.41, 5.74) is 1.29. The molecule has 0 spiro atoms. The Kier molecular flexibility index (Phi) is 7.39. The van der Waals surface area contributed by atoms with Crippen molar-refractivity contribution < 1.29 is 9.47 Å². The summed E-state index contributed by atoms with van der Waals surface area (Å²) < 4.78 is 11.3. The van der Waals surface area contributed by atoms with Gasteiger partial charge in [-0.1, -0.05) is 41.6 Å². The molecule has 0 radical (unpaired) electrons. The van der Waals surface area contributed by atoms with E-state index in [1.54, 1.807) is 18.2 Å². The van der Waals surface area contributed by atoms with Crippen molar-refractivity contribution in [3.8, 4) is 28.8 Å². The van der Waals surface area contributed by atoms with Crippen molar-refractivity contribution in [1.82, 2.24) is 9.97 Å². The van der Waals surface area contributed by atoms with Gasteiger partial charge in [-0.05, 0) is 43.7 Å². The van der Waals surface area contributed by atoms with E-state index in [2.05, 4.69) is 9.97 Å². The number of nitriles is 1. The maximum atomic E-state index is 12.5. The predicted molar refractivity (Wildman–Crippen MR) is 118 cm³/mol. The second-order valence-electron chi connectivity index (χ2n) is 6.11. The van der Waals surface area contributed by atoms with Gasteiger partial charge in [-0.3, -0.25) is 4.79 Å². The molecule has 2 aromatic carbocycles. The van der Waals surface area contributed by atoms with Gasteiger partial charge < -0.3 is 14.5 Å². The number of ether oxygens (including phenoxy) is 2. The first kappa shape index (κ1) is 21.8. The number of hydrogen-bond acceptors (Lipinski definition) is 6. The number of aromatic nitrogens is 2. The van der Waals surface area contributed by atoms with Crippen LogP contribution in [0.1, 0.15) is 25.0 Å². The van der Waals surface area contributed by atoms with Crippen LogP contribution in [0.5, 0.6) is 11.5 Å². The number of nitrogens with one attached hydrogen (secondary N) is 1. The zero-order valence-corrected chi connectivity index (χ0v) is 18.1. The van der Waals surface area contributed by atoms with Gasteiger partial charge in [0.1, 0.15) is 11.6 Å². The van der Waals surface area contributed by atoms with Crippen molar-refractivity contribution in [1.29, 1.82) is 5.26 Å². The molecule has 0 aliphatic carbocycles. The van der Waals surface area contributed by atoms with E-state index >= 15 is 0 Å². The summed E-state index contributed by atoms with van der Waals surface area (Å²) in [5, 5.41) is 10.6. The van der Waals surface area contributed by atoms with E-state index in [0.29, 0.717) is 51.9 Å². The van der Waals surface area contributed by atoms with Crippen LogP contribution in [-0.2, 0) is 5.75 Å². The Morgan fingerprint density at radius 3 is 2.57 bits per heavy atom. The lowest BCUT2D eigenvalue weighted by atomic mass is 10.1. The molecule has 30 heavy (non-hydrogen) atoms. The SMILES string of the molecule is CCOc1ccc(-c2nc(SCc3ccccc3Cl)[nH]c(=O)c2C#N)cc1OCC. The molecule has 3 rings (SSSR count). The first-order chi connectivity index (χ1) is 14.6. The van der Waals surface area contributed by atoms with Crippen LogP contribution in [0.3, 0.4) is 0 Å². The van der Waals surface area contributed by atoms with Gasteiger partial charge >= 0.3 is 0 Å². The normalized spacial score (nSPS) is 10.5. The predicted octanol–water partition coefficient (Wildman–Crippen LogP) is 5.05. The maximum Gasteiger partial charge on any atom is 0.270 e. The minimum absolute atomic E-state index is 0.0521. The minimum Gasteiger partial charge on any atom is -0.490 e. The monoisotopic (exact) mass is 441 g/mol. The summed E-state index contributed by atoms with van der Waals surface area (Å²) in [4.78, 5) is 19.7. The minimum atomic E-state index is -0.490. The third-order valence-electron chi connectivity index (χ3n) is 4.15. The van der Waals surface area contributed by atoms with Crippen LogP contribution in [0, 0.1) is 11.3 Å². The fourth-order valence-corrected chi connectivity index (χ4v) is 3.94. The Balaban J connectivity index is 2.00. The van der Waals surface area contributed by atoms with E-state index < -0.39 is 5.56 Å². The highest BCUT2D eigenvalue weighted by Crippen LogP contribution is 2.33. The van der Waals surface area contributed by atoms with Gasteiger partial charge in [0.15, 0.2) is 16.7 Å². The zero-order valence-electron chi connectivity index (χ0n) is 16.6. The van der Waals surface area contributed by atoms with E-state index in [0.717, 1.165) is 5.56 Å². The summed E-state index contributed by atoms with van der Waals surface area (Å²) in [6.07, 6.45) is 0. The van der Waals surface area contributed by atoms with E-state index in [4.69, 9.17) is 21.1 Å². The number of aromatic amines is 1. The number of H-pyrrole nitrogens is 1. The molecule has 3 aromatic rings. The lowest BCUT2D eigenvalue weighted by Gasteiger charge is -2.13. The fourth-order valence-electron chi connectivity index (χ4n) is 2.79. The van der Waals surface area contributed by atoms with Crippen LogP contribution in [0.2, 0.25) is 5.02 Å². The molecule has 1 aromatic heterocycles. The van der Waals surface area contributed by atoms with Crippen LogP contribution in [-0.4, -0.2) is 23.2 Å². The van der Waals surface area contributed by atoms with Crippen molar-refractivity contribution in [3.63, 3.8) is 0 Å².